The lowest BCUT2D eigenvalue weighted by molar-refractivity contribution is 0.168. The van der Waals surface area contributed by atoms with Crippen LogP contribution in [0.4, 0.5) is 0 Å². The Bertz CT molecular complexity index is 244. The average molecular weight is 190 g/mol. The van der Waals surface area contributed by atoms with Gasteiger partial charge in [-0.2, -0.15) is 0 Å². The van der Waals surface area contributed by atoms with Gasteiger partial charge in [-0.05, 0) is 67.6 Å². The molecule has 0 aromatic carbocycles. The van der Waals surface area contributed by atoms with Gasteiger partial charge in [0.05, 0.1) is 0 Å². The molecule has 0 aromatic heterocycles. The summed E-state index contributed by atoms with van der Waals surface area (Å²) in [6.07, 6.45) is 12.8. The third kappa shape index (κ3) is 0.907. The van der Waals surface area contributed by atoms with E-state index in [2.05, 4.69) is 0 Å². The summed E-state index contributed by atoms with van der Waals surface area (Å²) in [5, 5.41) is 0. The molecule has 14 heavy (non-hydrogen) atoms. The van der Waals surface area contributed by atoms with Gasteiger partial charge < -0.3 is 0 Å². The maximum absolute atomic E-state index is 1.65. The van der Waals surface area contributed by atoms with Crippen molar-refractivity contribution in [3.63, 3.8) is 0 Å². The fraction of sp³-hybridized carbons (Fsp3) is 1.00. The minimum atomic E-state index is 1.18. The summed E-state index contributed by atoms with van der Waals surface area (Å²) in [4.78, 5) is 0. The van der Waals surface area contributed by atoms with E-state index in [1.54, 1.807) is 51.4 Å². The smallest absolute Gasteiger partial charge is 0.0324 e. The van der Waals surface area contributed by atoms with Crippen LogP contribution in [0, 0.1) is 35.5 Å². The first-order valence-corrected chi connectivity index (χ1v) is 6.93. The standard InChI is InChI=1S/C14H22/c1-2-4-12-9(3-1)8-13-10-5-6-11(7-10)14(12)13/h9-14H,1-8H2. The van der Waals surface area contributed by atoms with E-state index in [1.165, 1.54) is 35.5 Å². The Morgan fingerprint density at radius 2 is 1.36 bits per heavy atom. The molecule has 0 aliphatic heterocycles. The van der Waals surface area contributed by atoms with Crippen molar-refractivity contribution in [1.82, 2.24) is 0 Å². The first-order chi connectivity index (χ1) is 6.93. The van der Waals surface area contributed by atoms with Crippen LogP contribution in [-0.2, 0) is 0 Å². The fourth-order valence-electron chi connectivity index (χ4n) is 5.86. The number of fused-ring (bicyclic) bond motifs is 7. The van der Waals surface area contributed by atoms with Gasteiger partial charge in [-0.3, -0.25) is 0 Å². The van der Waals surface area contributed by atoms with E-state index < -0.39 is 0 Å². The van der Waals surface area contributed by atoms with Crippen molar-refractivity contribution in [3.8, 4) is 0 Å². The van der Waals surface area contributed by atoms with Gasteiger partial charge in [-0.1, -0.05) is 19.3 Å². The van der Waals surface area contributed by atoms with Gasteiger partial charge in [0, 0.05) is 0 Å². The molecule has 4 aliphatic rings. The van der Waals surface area contributed by atoms with Crippen LogP contribution in [0.5, 0.6) is 0 Å². The maximum atomic E-state index is 1.65. The largest absolute Gasteiger partial charge is 0.0530 e. The van der Waals surface area contributed by atoms with Gasteiger partial charge in [0.25, 0.3) is 0 Å². The van der Waals surface area contributed by atoms with E-state index in [4.69, 9.17) is 0 Å². The zero-order valence-corrected chi connectivity index (χ0v) is 9.12. The quantitative estimate of drug-likeness (QED) is 0.544. The molecule has 78 valence electrons. The maximum Gasteiger partial charge on any atom is -0.0324 e. The SMILES string of the molecule is C1CCC2C(C1)CC1C3CCC(C3)C21. The molecule has 4 fully saturated rings. The van der Waals surface area contributed by atoms with E-state index >= 15 is 0 Å². The van der Waals surface area contributed by atoms with Crippen LogP contribution in [0.15, 0.2) is 0 Å². The molecule has 0 radical (unpaired) electrons. The topological polar surface area (TPSA) is 0 Å². The molecule has 0 heterocycles. The van der Waals surface area contributed by atoms with E-state index in [-0.39, 0.29) is 0 Å². The van der Waals surface area contributed by atoms with Crippen molar-refractivity contribution in [3.05, 3.63) is 0 Å². The molecule has 6 unspecified atom stereocenters. The summed E-state index contributed by atoms with van der Waals surface area (Å²) in [7, 11) is 0. The number of rotatable bonds is 0. The first-order valence-electron chi connectivity index (χ1n) is 6.93. The van der Waals surface area contributed by atoms with E-state index in [0.717, 1.165) is 0 Å². The van der Waals surface area contributed by atoms with E-state index in [0.29, 0.717) is 0 Å². The minimum absolute atomic E-state index is 1.18. The predicted octanol–water partition coefficient (Wildman–Crippen LogP) is 3.86. The number of hydrogen-bond acceptors (Lipinski definition) is 0. The number of hydrogen-bond donors (Lipinski definition) is 0. The molecule has 0 heteroatoms. The highest BCUT2D eigenvalue weighted by atomic mass is 14.6. The van der Waals surface area contributed by atoms with Crippen LogP contribution >= 0.6 is 0 Å². The lowest BCUT2D eigenvalue weighted by atomic mass is 9.73. The normalized spacial score (nSPS) is 60.0. The summed E-state index contributed by atoms with van der Waals surface area (Å²) >= 11 is 0. The summed E-state index contributed by atoms with van der Waals surface area (Å²) in [6, 6.07) is 0. The molecule has 0 amide bonds. The van der Waals surface area contributed by atoms with Crippen LogP contribution in [0.1, 0.15) is 51.4 Å². The third-order valence-electron chi connectivity index (χ3n) is 6.20. The van der Waals surface area contributed by atoms with Crippen molar-refractivity contribution in [1.29, 1.82) is 0 Å². The second-order valence-electron chi connectivity index (χ2n) is 6.52. The van der Waals surface area contributed by atoms with Gasteiger partial charge in [-0.15, -0.1) is 0 Å². The Morgan fingerprint density at radius 1 is 0.571 bits per heavy atom. The first kappa shape index (κ1) is 8.19. The lowest BCUT2D eigenvalue weighted by Crippen LogP contribution is -2.25. The average Bonchev–Trinajstić information content (AvgIpc) is 2.88. The van der Waals surface area contributed by atoms with Gasteiger partial charge in [-0.25, -0.2) is 0 Å². The molecule has 0 aromatic rings. The molecule has 0 N–H and O–H groups in total. The Hall–Kier alpha value is 0. The summed E-state index contributed by atoms with van der Waals surface area (Å²) < 4.78 is 0. The fourth-order valence-corrected chi connectivity index (χ4v) is 5.86. The second-order valence-corrected chi connectivity index (χ2v) is 6.52. The van der Waals surface area contributed by atoms with Crippen LogP contribution in [0.3, 0.4) is 0 Å². The van der Waals surface area contributed by atoms with E-state index in [1.807, 2.05) is 0 Å². The molecule has 0 spiro atoms. The van der Waals surface area contributed by atoms with Crippen molar-refractivity contribution in [2.45, 2.75) is 51.4 Å². The van der Waals surface area contributed by atoms with Gasteiger partial charge in [0.15, 0.2) is 0 Å². The molecule has 2 bridgehead atoms. The van der Waals surface area contributed by atoms with Gasteiger partial charge >= 0.3 is 0 Å². The Balaban J connectivity index is 1.65. The highest BCUT2D eigenvalue weighted by molar-refractivity contribution is 5.05. The zero-order valence-electron chi connectivity index (χ0n) is 9.12. The van der Waals surface area contributed by atoms with Crippen LogP contribution in [0.2, 0.25) is 0 Å². The van der Waals surface area contributed by atoms with Crippen molar-refractivity contribution in [2.75, 3.05) is 0 Å². The van der Waals surface area contributed by atoms with Gasteiger partial charge in [0.2, 0.25) is 0 Å². The molecule has 0 saturated heterocycles. The highest BCUT2D eigenvalue weighted by Crippen LogP contribution is 2.64. The Morgan fingerprint density at radius 3 is 2.36 bits per heavy atom. The highest BCUT2D eigenvalue weighted by Gasteiger charge is 2.56. The van der Waals surface area contributed by atoms with Crippen LogP contribution in [-0.4, -0.2) is 0 Å². The van der Waals surface area contributed by atoms with Crippen molar-refractivity contribution in [2.24, 2.45) is 35.5 Å². The predicted molar refractivity (Wildman–Crippen MR) is 57.9 cm³/mol. The molecule has 4 aliphatic carbocycles. The molecular weight excluding hydrogens is 168 g/mol. The van der Waals surface area contributed by atoms with Gasteiger partial charge in [0.1, 0.15) is 0 Å². The van der Waals surface area contributed by atoms with Crippen LogP contribution in [0.25, 0.3) is 0 Å². The molecule has 0 nitrogen and oxygen atoms in total. The summed E-state index contributed by atoms with van der Waals surface area (Å²) in [5.41, 5.74) is 0. The summed E-state index contributed by atoms with van der Waals surface area (Å²) in [5.74, 6) is 7.20. The molecular formula is C14H22. The molecule has 4 saturated carbocycles. The van der Waals surface area contributed by atoms with Crippen LogP contribution < -0.4 is 0 Å². The summed E-state index contributed by atoms with van der Waals surface area (Å²) in [6.45, 7) is 0. The Kier molecular flexibility index (Phi) is 1.62. The monoisotopic (exact) mass is 190 g/mol. The third-order valence-corrected chi connectivity index (χ3v) is 6.20. The zero-order chi connectivity index (χ0) is 9.12. The lowest BCUT2D eigenvalue weighted by Gasteiger charge is -2.32. The van der Waals surface area contributed by atoms with E-state index in [9.17, 15) is 0 Å². The molecule has 6 atom stereocenters. The molecule has 4 rings (SSSR count). The minimum Gasteiger partial charge on any atom is -0.0530 e. The van der Waals surface area contributed by atoms with Crippen molar-refractivity contribution < 1.29 is 0 Å². The Labute approximate surface area is 87.5 Å². The van der Waals surface area contributed by atoms with Crippen molar-refractivity contribution >= 4 is 0 Å². The second kappa shape index (κ2) is 2.77.